The van der Waals surface area contributed by atoms with E-state index in [1.807, 2.05) is 0 Å². The third-order valence-electron chi connectivity index (χ3n) is 3.29. The summed E-state index contributed by atoms with van der Waals surface area (Å²) in [6.07, 6.45) is 1.98. The highest BCUT2D eigenvalue weighted by Gasteiger charge is 2.24. The van der Waals surface area contributed by atoms with Crippen molar-refractivity contribution in [1.82, 2.24) is 4.31 Å². The normalized spacial score (nSPS) is 20.0. The minimum atomic E-state index is -3.30. The molecular weight excluding hydrogens is 264 g/mol. The molecule has 1 heterocycles. The van der Waals surface area contributed by atoms with Crippen molar-refractivity contribution in [2.75, 3.05) is 25.9 Å². The first-order valence-electron chi connectivity index (χ1n) is 6.37. The van der Waals surface area contributed by atoms with Gasteiger partial charge < -0.3 is 10.5 Å². The monoisotopic (exact) mass is 284 g/mol. The van der Waals surface area contributed by atoms with Crippen LogP contribution < -0.4 is 5.73 Å². The Bertz CT molecular complexity index is 507. The van der Waals surface area contributed by atoms with Crippen LogP contribution in [-0.2, 0) is 20.5 Å². The van der Waals surface area contributed by atoms with E-state index in [1.165, 1.54) is 4.31 Å². The number of ether oxygens (including phenoxy) is 1. The first-order valence-corrected chi connectivity index (χ1v) is 7.98. The third-order valence-corrected chi connectivity index (χ3v) is 5.09. The van der Waals surface area contributed by atoms with E-state index in [-0.39, 0.29) is 11.9 Å². The van der Waals surface area contributed by atoms with Crippen molar-refractivity contribution in [2.45, 2.75) is 24.7 Å². The van der Waals surface area contributed by atoms with Crippen molar-refractivity contribution in [3.8, 4) is 0 Å². The van der Waals surface area contributed by atoms with E-state index in [0.717, 1.165) is 25.0 Å². The first-order chi connectivity index (χ1) is 8.97. The summed E-state index contributed by atoms with van der Waals surface area (Å²) >= 11 is 0. The van der Waals surface area contributed by atoms with Gasteiger partial charge in [0, 0.05) is 25.9 Å². The maximum Gasteiger partial charge on any atom is 0.218 e. The van der Waals surface area contributed by atoms with Crippen LogP contribution in [0.3, 0.4) is 0 Å². The van der Waals surface area contributed by atoms with Gasteiger partial charge in [-0.15, -0.1) is 0 Å². The Morgan fingerprint density at radius 1 is 1.37 bits per heavy atom. The van der Waals surface area contributed by atoms with E-state index < -0.39 is 10.0 Å². The van der Waals surface area contributed by atoms with E-state index in [2.05, 4.69) is 0 Å². The summed E-state index contributed by atoms with van der Waals surface area (Å²) in [7, 11) is -1.70. The van der Waals surface area contributed by atoms with Crippen LogP contribution in [0.15, 0.2) is 24.3 Å². The highest BCUT2D eigenvalue weighted by atomic mass is 32.2. The Labute approximate surface area is 114 Å². The van der Waals surface area contributed by atoms with Crippen LogP contribution in [0.5, 0.6) is 0 Å². The van der Waals surface area contributed by atoms with E-state index in [1.54, 1.807) is 31.3 Å². The van der Waals surface area contributed by atoms with Crippen molar-refractivity contribution in [3.63, 3.8) is 0 Å². The van der Waals surface area contributed by atoms with Crippen LogP contribution in [0.25, 0.3) is 0 Å². The first kappa shape index (κ1) is 14.3. The van der Waals surface area contributed by atoms with E-state index in [0.29, 0.717) is 12.2 Å². The summed E-state index contributed by atoms with van der Waals surface area (Å²) in [6, 6.07) is 6.91. The summed E-state index contributed by atoms with van der Waals surface area (Å²) in [5.74, 6) is -0.00347. The number of sulfonamides is 1. The molecule has 0 spiro atoms. The molecular formula is C13H20N2O3S. The van der Waals surface area contributed by atoms with Gasteiger partial charge in [0.1, 0.15) is 0 Å². The minimum absolute atomic E-state index is 0.00347. The van der Waals surface area contributed by atoms with Crippen molar-refractivity contribution in [1.29, 1.82) is 0 Å². The largest absolute Gasteiger partial charge is 0.399 e. The molecule has 19 heavy (non-hydrogen) atoms. The molecule has 0 aromatic heterocycles. The minimum Gasteiger partial charge on any atom is -0.399 e. The van der Waals surface area contributed by atoms with Gasteiger partial charge in [0.05, 0.1) is 11.9 Å². The molecule has 1 fully saturated rings. The van der Waals surface area contributed by atoms with E-state index in [4.69, 9.17) is 10.5 Å². The smallest absolute Gasteiger partial charge is 0.218 e. The summed E-state index contributed by atoms with van der Waals surface area (Å²) in [5.41, 5.74) is 6.96. The Balaban J connectivity index is 1.98. The Kier molecular flexibility index (Phi) is 4.44. The summed E-state index contributed by atoms with van der Waals surface area (Å²) < 4.78 is 31.3. The van der Waals surface area contributed by atoms with Gasteiger partial charge in [-0.25, -0.2) is 12.7 Å². The fourth-order valence-corrected chi connectivity index (χ4v) is 3.35. The number of hydrogen-bond acceptors (Lipinski definition) is 4. The van der Waals surface area contributed by atoms with Crippen molar-refractivity contribution < 1.29 is 13.2 Å². The summed E-state index contributed by atoms with van der Waals surface area (Å²) in [5, 5.41) is 0. The van der Waals surface area contributed by atoms with Crippen LogP contribution in [0.4, 0.5) is 5.69 Å². The fraction of sp³-hybridized carbons (Fsp3) is 0.538. The van der Waals surface area contributed by atoms with Gasteiger partial charge in [-0.1, -0.05) is 12.1 Å². The predicted octanol–water partition coefficient (Wildman–Crippen LogP) is 1.21. The highest BCUT2D eigenvalue weighted by Crippen LogP contribution is 2.16. The molecule has 1 aliphatic heterocycles. The molecule has 0 saturated carbocycles. The number of hydrogen-bond donors (Lipinski definition) is 1. The Morgan fingerprint density at radius 2 is 2.05 bits per heavy atom. The quantitative estimate of drug-likeness (QED) is 0.825. The van der Waals surface area contributed by atoms with Crippen molar-refractivity contribution in [2.24, 2.45) is 0 Å². The molecule has 5 nitrogen and oxygen atoms in total. The zero-order chi connectivity index (χ0) is 13.9. The lowest BCUT2D eigenvalue weighted by Gasteiger charge is -2.20. The summed E-state index contributed by atoms with van der Waals surface area (Å²) in [6.45, 7) is 1.16. The highest BCUT2D eigenvalue weighted by molar-refractivity contribution is 7.88. The van der Waals surface area contributed by atoms with Gasteiger partial charge in [0.2, 0.25) is 10.0 Å². The molecule has 0 amide bonds. The van der Waals surface area contributed by atoms with Crippen LogP contribution in [0.2, 0.25) is 0 Å². The zero-order valence-electron chi connectivity index (χ0n) is 11.1. The maximum atomic E-state index is 12.2. The lowest BCUT2D eigenvalue weighted by Crippen LogP contribution is -2.34. The van der Waals surface area contributed by atoms with Gasteiger partial charge in [0.25, 0.3) is 0 Å². The third kappa shape index (κ3) is 3.92. The number of nitrogen functional groups attached to an aromatic ring is 1. The molecule has 1 aromatic rings. The molecule has 1 aromatic carbocycles. The lowest BCUT2D eigenvalue weighted by atomic mass is 10.2. The van der Waals surface area contributed by atoms with E-state index in [9.17, 15) is 8.42 Å². The van der Waals surface area contributed by atoms with Gasteiger partial charge in [-0.3, -0.25) is 0 Å². The van der Waals surface area contributed by atoms with Gasteiger partial charge >= 0.3 is 0 Å². The Hall–Kier alpha value is -1.11. The number of rotatable bonds is 5. The number of nitrogens with two attached hydrogens (primary N) is 1. The van der Waals surface area contributed by atoms with Gasteiger partial charge in [-0.05, 0) is 30.5 Å². The molecule has 0 bridgehead atoms. The van der Waals surface area contributed by atoms with Gasteiger partial charge in [-0.2, -0.15) is 0 Å². The van der Waals surface area contributed by atoms with Crippen LogP contribution in [-0.4, -0.2) is 39.0 Å². The number of likely N-dealkylation sites (N-methyl/N-ethyl adjacent to an activating group) is 1. The zero-order valence-corrected chi connectivity index (χ0v) is 11.9. The number of anilines is 1. The second-order valence-electron chi connectivity index (χ2n) is 4.91. The molecule has 2 rings (SSSR count). The van der Waals surface area contributed by atoms with Crippen LogP contribution >= 0.6 is 0 Å². The second kappa shape index (κ2) is 5.90. The van der Waals surface area contributed by atoms with Crippen molar-refractivity contribution >= 4 is 15.7 Å². The number of nitrogens with zero attached hydrogens (tertiary/aromatic N) is 1. The van der Waals surface area contributed by atoms with Crippen LogP contribution in [0.1, 0.15) is 18.4 Å². The lowest BCUT2D eigenvalue weighted by molar-refractivity contribution is 0.0978. The molecule has 1 unspecified atom stereocenters. The summed E-state index contributed by atoms with van der Waals surface area (Å²) in [4.78, 5) is 0. The molecule has 1 aliphatic rings. The molecule has 2 N–H and O–H groups in total. The molecule has 0 radical (unpaired) electrons. The average Bonchev–Trinajstić information content (AvgIpc) is 2.84. The SMILES string of the molecule is CN(CC1CCCO1)S(=O)(=O)Cc1ccc(N)cc1. The average molecular weight is 284 g/mol. The topological polar surface area (TPSA) is 72.6 Å². The predicted molar refractivity (Wildman–Crippen MR) is 75.1 cm³/mol. The second-order valence-corrected chi connectivity index (χ2v) is 6.99. The fourth-order valence-electron chi connectivity index (χ4n) is 2.12. The van der Waals surface area contributed by atoms with Crippen molar-refractivity contribution in [3.05, 3.63) is 29.8 Å². The maximum absolute atomic E-state index is 12.2. The molecule has 1 saturated heterocycles. The molecule has 0 aliphatic carbocycles. The standard InChI is InChI=1S/C13H20N2O3S/c1-15(9-13-3-2-8-18-13)19(16,17)10-11-4-6-12(14)7-5-11/h4-7,13H,2-3,8-10,14H2,1H3. The molecule has 106 valence electrons. The Morgan fingerprint density at radius 3 is 2.63 bits per heavy atom. The molecule has 6 heteroatoms. The van der Waals surface area contributed by atoms with Gasteiger partial charge in [0.15, 0.2) is 0 Å². The van der Waals surface area contributed by atoms with Crippen LogP contribution in [0, 0.1) is 0 Å². The molecule has 1 atom stereocenters. The van der Waals surface area contributed by atoms with E-state index >= 15 is 0 Å². The number of benzene rings is 1.